The molecule has 0 fully saturated rings. The molecule has 1 rings (SSSR count). The lowest BCUT2D eigenvalue weighted by molar-refractivity contribution is -0.120. The Morgan fingerprint density at radius 2 is 2.20 bits per heavy atom. The molecule has 0 aliphatic carbocycles. The summed E-state index contributed by atoms with van der Waals surface area (Å²) in [5, 5.41) is 13.6. The largest absolute Gasteiger partial charge is 0.364 e. The van der Waals surface area contributed by atoms with Gasteiger partial charge in [0.2, 0.25) is 0 Å². The lowest BCUT2D eigenvalue weighted by Gasteiger charge is -2.06. The number of Topliss-reactive ketones (excluding diaryl/α,β-unsaturated/α-hetero) is 1. The van der Waals surface area contributed by atoms with E-state index in [2.05, 4.69) is 10.6 Å². The Balaban J connectivity index is 2.37. The molecule has 0 saturated carbocycles. The van der Waals surface area contributed by atoms with E-state index in [0.717, 1.165) is 0 Å². The molecule has 52 valence electrons. The second-order valence-electron chi connectivity index (χ2n) is 1.90. The normalized spacial score (nSPS) is 15.5. The van der Waals surface area contributed by atoms with Crippen molar-refractivity contribution >= 4 is 5.78 Å². The minimum atomic E-state index is -0.389. The summed E-state index contributed by atoms with van der Waals surface area (Å²) in [6, 6.07) is 1.79. The van der Waals surface area contributed by atoms with E-state index >= 15 is 0 Å². The second-order valence-corrected chi connectivity index (χ2v) is 1.90. The average Bonchev–Trinajstić information content (AvgIpc) is 2.38. The third-order valence-corrected chi connectivity index (χ3v) is 1.18. The summed E-state index contributed by atoms with van der Waals surface area (Å²) in [5.74, 6) is -0.132. The molecule has 0 amide bonds. The molecular formula is C6H7N3O. The van der Waals surface area contributed by atoms with E-state index < -0.39 is 0 Å². The molecular weight excluding hydrogens is 130 g/mol. The number of ketones is 1. The molecule has 1 aliphatic heterocycles. The first-order chi connectivity index (χ1) is 4.84. The molecule has 4 heteroatoms. The van der Waals surface area contributed by atoms with E-state index in [1.807, 2.05) is 0 Å². The van der Waals surface area contributed by atoms with Gasteiger partial charge in [-0.25, -0.2) is 0 Å². The number of rotatable bonds is 2. The van der Waals surface area contributed by atoms with E-state index in [9.17, 15) is 4.79 Å². The van der Waals surface area contributed by atoms with Crippen molar-refractivity contribution < 1.29 is 4.79 Å². The van der Waals surface area contributed by atoms with Crippen LogP contribution in [-0.2, 0) is 4.79 Å². The number of hydrogen-bond donors (Lipinski definition) is 2. The fraction of sp³-hybridized carbons (Fsp3) is 0.333. The van der Waals surface area contributed by atoms with Crippen LogP contribution in [0.3, 0.4) is 0 Å². The maximum absolute atomic E-state index is 10.9. The van der Waals surface area contributed by atoms with Crippen LogP contribution in [0.4, 0.5) is 0 Å². The Labute approximate surface area is 58.5 Å². The zero-order valence-corrected chi connectivity index (χ0v) is 5.29. The maximum atomic E-state index is 10.9. The highest BCUT2D eigenvalue weighted by Gasteiger charge is 2.16. The van der Waals surface area contributed by atoms with Gasteiger partial charge in [-0.1, -0.05) is 0 Å². The highest BCUT2D eigenvalue weighted by molar-refractivity contribution is 5.85. The summed E-state index contributed by atoms with van der Waals surface area (Å²) in [6.07, 6.45) is 2.84. The summed E-state index contributed by atoms with van der Waals surface area (Å²) >= 11 is 0. The smallest absolute Gasteiger partial charge is 0.189 e. The Morgan fingerprint density at radius 1 is 1.60 bits per heavy atom. The standard InChI is InChI=1S/C6H7N3O/c7-2-1-5(10)6-8-3-4-9-6/h3-4,6,8-9H,1H2. The molecule has 0 radical (unpaired) electrons. The van der Waals surface area contributed by atoms with Crippen LogP contribution in [0.5, 0.6) is 0 Å². The first-order valence-electron chi connectivity index (χ1n) is 2.91. The molecule has 0 atom stereocenters. The molecule has 0 spiro atoms. The van der Waals surface area contributed by atoms with Gasteiger partial charge in [0, 0.05) is 12.4 Å². The van der Waals surface area contributed by atoms with E-state index in [-0.39, 0.29) is 18.4 Å². The zero-order valence-electron chi connectivity index (χ0n) is 5.29. The highest BCUT2D eigenvalue weighted by atomic mass is 16.1. The summed E-state index contributed by atoms with van der Waals surface area (Å²) in [6.45, 7) is 0. The van der Waals surface area contributed by atoms with Crippen LogP contribution in [0.2, 0.25) is 0 Å². The van der Waals surface area contributed by atoms with Crippen molar-refractivity contribution in [2.24, 2.45) is 0 Å². The van der Waals surface area contributed by atoms with Crippen LogP contribution in [0.1, 0.15) is 6.42 Å². The van der Waals surface area contributed by atoms with E-state index in [1.165, 1.54) is 0 Å². The van der Waals surface area contributed by atoms with Gasteiger partial charge in [0.1, 0.15) is 0 Å². The van der Waals surface area contributed by atoms with Crippen molar-refractivity contribution in [3.05, 3.63) is 12.4 Å². The van der Waals surface area contributed by atoms with Gasteiger partial charge in [0.05, 0.1) is 12.5 Å². The van der Waals surface area contributed by atoms with Gasteiger partial charge in [0.15, 0.2) is 11.9 Å². The molecule has 0 aromatic heterocycles. The fourth-order valence-electron chi connectivity index (χ4n) is 0.703. The predicted molar refractivity (Wildman–Crippen MR) is 34.4 cm³/mol. The average molecular weight is 137 g/mol. The second kappa shape index (κ2) is 2.87. The Hall–Kier alpha value is -1.50. The monoisotopic (exact) mass is 137 g/mol. The number of nitrogens with zero attached hydrogens (tertiary/aromatic N) is 1. The summed E-state index contributed by atoms with van der Waals surface area (Å²) < 4.78 is 0. The Morgan fingerprint density at radius 3 is 2.70 bits per heavy atom. The SMILES string of the molecule is N#CCC(=O)C1NC=CN1. The minimum absolute atomic E-state index is 0.0493. The molecule has 0 bridgehead atoms. The van der Waals surface area contributed by atoms with E-state index in [4.69, 9.17) is 5.26 Å². The molecule has 1 aliphatic rings. The summed E-state index contributed by atoms with van der Waals surface area (Å²) in [5.41, 5.74) is 0. The number of nitrogens with one attached hydrogen (secondary N) is 2. The lowest BCUT2D eigenvalue weighted by atomic mass is 10.2. The van der Waals surface area contributed by atoms with Crippen LogP contribution in [-0.4, -0.2) is 11.9 Å². The van der Waals surface area contributed by atoms with E-state index in [1.54, 1.807) is 18.5 Å². The van der Waals surface area contributed by atoms with Crippen molar-refractivity contribution in [1.82, 2.24) is 10.6 Å². The molecule has 0 aromatic rings. The molecule has 10 heavy (non-hydrogen) atoms. The third kappa shape index (κ3) is 1.26. The zero-order chi connectivity index (χ0) is 7.40. The molecule has 0 unspecified atom stereocenters. The van der Waals surface area contributed by atoms with Crippen LogP contribution < -0.4 is 10.6 Å². The van der Waals surface area contributed by atoms with Gasteiger partial charge in [-0.05, 0) is 0 Å². The Bertz CT molecular complexity index is 196. The first-order valence-corrected chi connectivity index (χ1v) is 2.91. The van der Waals surface area contributed by atoms with Crippen LogP contribution in [0.15, 0.2) is 12.4 Å². The van der Waals surface area contributed by atoms with Gasteiger partial charge in [-0.3, -0.25) is 4.79 Å². The third-order valence-electron chi connectivity index (χ3n) is 1.18. The number of carbonyl (C=O) groups excluding carboxylic acids is 1. The van der Waals surface area contributed by atoms with Crippen molar-refractivity contribution in [2.75, 3.05) is 0 Å². The summed E-state index contributed by atoms with van der Waals surface area (Å²) in [7, 11) is 0. The molecule has 0 aromatic carbocycles. The van der Waals surface area contributed by atoms with Crippen molar-refractivity contribution in [3.8, 4) is 6.07 Å². The number of nitriles is 1. The van der Waals surface area contributed by atoms with Gasteiger partial charge in [-0.2, -0.15) is 5.26 Å². The van der Waals surface area contributed by atoms with Crippen molar-refractivity contribution in [2.45, 2.75) is 12.6 Å². The van der Waals surface area contributed by atoms with Crippen LogP contribution >= 0.6 is 0 Å². The van der Waals surface area contributed by atoms with E-state index in [0.29, 0.717) is 0 Å². The number of hydrogen-bond acceptors (Lipinski definition) is 4. The van der Waals surface area contributed by atoms with Crippen molar-refractivity contribution in [3.63, 3.8) is 0 Å². The molecule has 1 heterocycles. The minimum Gasteiger partial charge on any atom is -0.364 e. The molecule has 4 nitrogen and oxygen atoms in total. The van der Waals surface area contributed by atoms with Crippen molar-refractivity contribution in [1.29, 1.82) is 5.26 Å². The quantitative estimate of drug-likeness (QED) is 0.536. The van der Waals surface area contributed by atoms with Crippen LogP contribution in [0, 0.1) is 11.3 Å². The summed E-state index contributed by atoms with van der Waals surface area (Å²) in [4.78, 5) is 10.9. The Kier molecular flexibility index (Phi) is 1.90. The van der Waals surface area contributed by atoms with Gasteiger partial charge in [0.25, 0.3) is 0 Å². The highest BCUT2D eigenvalue weighted by Crippen LogP contribution is 1.91. The van der Waals surface area contributed by atoms with Gasteiger partial charge in [-0.15, -0.1) is 0 Å². The number of carbonyl (C=O) groups is 1. The lowest BCUT2D eigenvalue weighted by Crippen LogP contribution is -2.38. The first kappa shape index (κ1) is 6.62. The molecule has 0 saturated heterocycles. The predicted octanol–water partition coefficient (Wildman–Crippen LogP) is -0.541. The van der Waals surface area contributed by atoms with Gasteiger partial charge < -0.3 is 10.6 Å². The molecule has 2 N–H and O–H groups in total. The topological polar surface area (TPSA) is 64.9 Å². The van der Waals surface area contributed by atoms with Gasteiger partial charge >= 0.3 is 0 Å². The van der Waals surface area contributed by atoms with Crippen LogP contribution in [0.25, 0.3) is 0 Å². The fourth-order valence-corrected chi connectivity index (χ4v) is 0.703. The maximum Gasteiger partial charge on any atom is 0.189 e.